The van der Waals surface area contributed by atoms with Gasteiger partial charge in [0.05, 0.1) is 26.9 Å². The lowest BCUT2D eigenvalue weighted by atomic mass is 10.6. The van der Waals surface area contributed by atoms with Crippen molar-refractivity contribution in [3.63, 3.8) is 0 Å². The number of nitrogens with one attached hydrogen (secondary N) is 1. The molecule has 0 saturated heterocycles. The summed E-state index contributed by atoms with van der Waals surface area (Å²) in [7, 11) is 1.31. The van der Waals surface area contributed by atoms with Gasteiger partial charge in [0, 0.05) is 6.54 Å². The highest BCUT2D eigenvalue weighted by atomic mass is 16.5. The second-order valence-corrected chi connectivity index (χ2v) is 2.29. The van der Waals surface area contributed by atoms with Crippen LogP contribution in [-0.2, 0) is 14.2 Å². The molecule has 1 N–H and O–H groups in total. The minimum absolute atomic E-state index is 0.295. The summed E-state index contributed by atoms with van der Waals surface area (Å²) in [6.45, 7) is 2.06. The molecule has 0 aliphatic heterocycles. The number of terminal acetylenes is 1. The molecular formula is C9H15NO4. The van der Waals surface area contributed by atoms with Crippen LogP contribution in [0.5, 0.6) is 0 Å². The number of hydrogen-bond acceptors (Lipinski definition) is 4. The van der Waals surface area contributed by atoms with E-state index in [-0.39, 0.29) is 0 Å². The van der Waals surface area contributed by atoms with Crippen LogP contribution in [0.2, 0.25) is 0 Å². The zero-order valence-corrected chi connectivity index (χ0v) is 8.25. The number of alkyl carbamates (subject to hydrolysis) is 1. The largest absolute Gasteiger partial charge is 0.453 e. The van der Waals surface area contributed by atoms with Gasteiger partial charge in [0.2, 0.25) is 0 Å². The third kappa shape index (κ3) is 8.84. The minimum atomic E-state index is -0.461. The average molecular weight is 201 g/mol. The number of methoxy groups -OCH3 is 1. The fourth-order valence-corrected chi connectivity index (χ4v) is 0.648. The molecule has 0 aliphatic carbocycles. The van der Waals surface area contributed by atoms with Crippen molar-refractivity contribution in [2.45, 2.75) is 0 Å². The van der Waals surface area contributed by atoms with Crippen molar-refractivity contribution in [1.82, 2.24) is 5.32 Å². The van der Waals surface area contributed by atoms with Crippen LogP contribution in [0.25, 0.3) is 0 Å². The highest BCUT2D eigenvalue weighted by molar-refractivity contribution is 5.66. The zero-order chi connectivity index (χ0) is 10.6. The Bertz CT molecular complexity index is 188. The average Bonchev–Trinajstić information content (AvgIpc) is 2.21. The van der Waals surface area contributed by atoms with Gasteiger partial charge in [-0.1, -0.05) is 5.92 Å². The molecule has 0 unspecified atom stereocenters. The van der Waals surface area contributed by atoms with Gasteiger partial charge in [0.15, 0.2) is 0 Å². The van der Waals surface area contributed by atoms with Crippen molar-refractivity contribution in [1.29, 1.82) is 0 Å². The van der Waals surface area contributed by atoms with Gasteiger partial charge in [-0.15, -0.1) is 6.42 Å². The third-order valence-electron chi connectivity index (χ3n) is 1.26. The van der Waals surface area contributed by atoms with Crippen molar-refractivity contribution in [3.8, 4) is 12.3 Å². The quantitative estimate of drug-likeness (QED) is 0.465. The lowest BCUT2D eigenvalue weighted by Gasteiger charge is -2.04. The van der Waals surface area contributed by atoms with Crippen LogP contribution < -0.4 is 5.32 Å². The van der Waals surface area contributed by atoms with E-state index in [0.717, 1.165) is 0 Å². The van der Waals surface area contributed by atoms with Gasteiger partial charge in [-0.05, 0) is 0 Å². The van der Waals surface area contributed by atoms with Crippen molar-refractivity contribution in [2.24, 2.45) is 0 Å². The van der Waals surface area contributed by atoms with E-state index in [9.17, 15) is 4.79 Å². The Morgan fingerprint density at radius 2 is 2.07 bits per heavy atom. The van der Waals surface area contributed by atoms with E-state index in [4.69, 9.17) is 15.9 Å². The van der Waals surface area contributed by atoms with Crippen LogP contribution in [0.15, 0.2) is 0 Å². The Kier molecular flexibility index (Phi) is 8.96. The SMILES string of the molecule is C#CCOCCOCCNC(=O)OC. The molecule has 5 heteroatoms. The maximum Gasteiger partial charge on any atom is 0.406 e. The summed E-state index contributed by atoms with van der Waals surface area (Å²) in [6, 6.07) is 0. The van der Waals surface area contributed by atoms with Crippen LogP contribution in [0.1, 0.15) is 0 Å². The van der Waals surface area contributed by atoms with Crippen LogP contribution in [-0.4, -0.2) is 46.2 Å². The standard InChI is InChI=1S/C9H15NO4/c1-3-5-13-7-8-14-6-4-10-9(11)12-2/h1H,4-8H2,2H3,(H,10,11). The molecule has 0 aromatic heterocycles. The van der Waals surface area contributed by atoms with E-state index in [0.29, 0.717) is 33.0 Å². The first kappa shape index (κ1) is 12.8. The molecule has 0 bridgehead atoms. The lowest BCUT2D eigenvalue weighted by Crippen LogP contribution is -2.27. The zero-order valence-electron chi connectivity index (χ0n) is 8.25. The van der Waals surface area contributed by atoms with Gasteiger partial charge >= 0.3 is 6.09 Å². The van der Waals surface area contributed by atoms with E-state index in [1.54, 1.807) is 0 Å². The summed E-state index contributed by atoms with van der Waals surface area (Å²) >= 11 is 0. The van der Waals surface area contributed by atoms with Gasteiger partial charge in [0.1, 0.15) is 6.61 Å². The first-order chi connectivity index (χ1) is 6.81. The predicted octanol–water partition coefficient (Wildman–Crippen LogP) is 0.00880. The predicted molar refractivity (Wildman–Crippen MR) is 50.9 cm³/mol. The summed E-state index contributed by atoms with van der Waals surface area (Å²) in [5.74, 6) is 2.34. The number of hydrogen-bond donors (Lipinski definition) is 1. The first-order valence-electron chi connectivity index (χ1n) is 4.22. The molecule has 80 valence electrons. The van der Waals surface area contributed by atoms with Crippen molar-refractivity contribution in [3.05, 3.63) is 0 Å². The lowest BCUT2D eigenvalue weighted by molar-refractivity contribution is 0.0609. The summed E-state index contributed by atoms with van der Waals surface area (Å²) < 4.78 is 14.4. The Morgan fingerprint density at radius 1 is 1.36 bits per heavy atom. The van der Waals surface area contributed by atoms with Crippen LogP contribution in [0.3, 0.4) is 0 Å². The molecule has 0 fully saturated rings. The van der Waals surface area contributed by atoms with E-state index >= 15 is 0 Å². The first-order valence-corrected chi connectivity index (χ1v) is 4.22. The van der Waals surface area contributed by atoms with Gasteiger partial charge < -0.3 is 19.5 Å². The molecule has 0 aromatic rings. The highest BCUT2D eigenvalue weighted by Crippen LogP contribution is 1.78. The van der Waals surface area contributed by atoms with E-state index in [1.807, 2.05) is 0 Å². The van der Waals surface area contributed by atoms with Crippen molar-refractivity contribution in [2.75, 3.05) is 40.1 Å². The molecule has 1 amide bonds. The Morgan fingerprint density at radius 3 is 2.71 bits per heavy atom. The van der Waals surface area contributed by atoms with Gasteiger partial charge in [-0.25, -0.2) is 4.79 Å². The molecule has 0 radical (unpaired) electrons. The van der Waals surface area contributed by atoms with Crippen LogP contribution in [0.4, 0.5) is 4.79 Å². The highest BCUT2D eigenvalue weighted by Gasteiger charge is 1.95. The Labute approximate surface area is 83.7 Å². The second-order valence-electron chi connectivity index (χ2n) is 2.29. The maximum atomic E-state index is 10.6. The maximum absolute atomic E-state index is 10.6. The number of ether oxygens (including phenoxy) is 3. The topological polar surface area (TPSA) is 56.8 Å². The molecule has 0 spiro atoms. The Balaban J connectivity index is 3.00. The van der Waals surface area contributed by atoms with Crippen LogP contribution >= 0.6 is 0 Å². The summed E-state index contributed by atoms with van der Waals surface area (Å²) in [6.07, 6.45) is 4.50. The number of carbonyl (C=O) groups excluding carboxylic acids is 1. The molecule has 0 aromatic carbocycles. The van der Waals surface area contributed by atoms with Gasteiger partial charge in [-0.3, -0.25) is 0 Å². The summed E-state index contributed by atoms with van der Waals surface area (Å²) in [5, 5.41) is 2.48. The van der Waals surface area contributed by atoms with E-state index < -0.39 is 6.09 Å². The summed E-state index contributed by atoms with van der Waals surface area (Å²) in [4.78, 5) is 10.6. The molecule has 5 nitrogen and oxygen atoms in total. The van der Waals surface area contributed by atoms with E-state index in [1.165, 1.54) is 7.11 Å². The molecule has 14 heavy (non-hydrogen) atoms. The smallest absolute Gasteiger partial charge is 0.406 e. The molecule has 0 heterocycles. The molecule has 0 saturated carbocycles. The van der Waals surface area contributed by atoms with Crippen LogP contribution in [0, 0.1) is 12.3 Å². The van der Waals surface area contributed by atoms with Crippen molar-refractivity contribution < 1.29 is 19.0 Å². The molecule has 0 aliphatic rings. The normalized spacial score (nSPS) is 9.14. The van der Waals surface area contributed by atoms with E-state index in [2.05, 4.69) is 16.0 Å². The summed E-state index contributed by atoms with van der Waals surface area (Å²) in [5.41, 5.74) is 0. The fourth-order valence-electron chi connectivity index (χ4n) is 0.648. The number of carbonyl (C=O) groups is 1. The molecular weight excluding hydrogens is 186 g/mol. The number of rotatable bonds is 7. The van der Waals surface area contributed by atoms with Gasteiger partial charge in [0.25, 0.3) is 0 Å². The molecule has 0 rings (SSSR count). The third-order valence-corrected chi connectivity index (χ3v) is 1.26. The fraction of sp³-hybridized carbons (Fsp3) is 0.667. The van der Waals surface area contributed by atoms with Gasteiger partial charge in [-0.2, -0.15) is 0 Å². The van der Waals surface area contributed by atoms with Crippen molar-refractivity contribution >= 4 is 6.09 Å². The second kappa shape index (κ2) is 9.84. The monoisotopic (exact) mass is 201 g/mol. The Hall–Kier alpha value is -1.25. The minimum Gasteiger partial charge on any atom is -0.453 e. The molecule has 0 atom stereocenters. The number of amides is 1.